The molecule has 0 aromatic carbocycles. The normalized spacial score (nSPS) is 13.2. The van der Waals surface area contributed by atoms with Gasteiger partial charge in [0.25, 0.3) is 0 Å². The van der Waals surface area contributed by atoms with Crippen molar-refractivity contribution in [2.24, 2.45) is 0 Å². The molecule has 124 valence electrons. The molecule has 0 saturated heterocycles. The van der Waals surface area contributed by atoms with E-state index in [1.54, 1.807) is 35.8 Å². The summed E-state index contributed by atoms with van der Waals surface area (Å²) in [5, 5.41) is 2.88. The topological polar surface area (TPSA) is 71.0 Å². The second-order valence-electron chi connectivity index (χ2n) is 5.85. The molecule has 2 amide bonds. The Balaban J connectivity index is 1.65. The smallest absolute Gasteiger partial charge is 0.306 e. The predicted molar refractivity (Wildman–Crippen MR) is 96.4 cm³/mol. The van der Waals surface area contributed by atoms with Gasteiger partial charge in [-0.3, -0.25) is 14.9 Å². The molecule has 4 rings (SSSR count). The zero-order valence-corrected chi connectivity index (χ0v) is 13.6. The fraction of sp³-hybridized carbons (Fsp3) is 0.158. The van der Waals surface area contributed by atoms with Crippen LogP contribution in [-0.2, 0) is 6.42 Å². The van der Waals surface area contributed by atoms with Crippen molar-refractivity contribution in [2.45, 2.75) is 12.8 Å². The van der Waals surface area contributed by atoms with Crippen molar-refractivity contribution in [2.75, 3.05) is 16.8 Å². The third kappa shape index (κ3) is 3.19. The number of carbonyl (C=O) groups is 1. The van der Waals surface area contributed by atoms with Gasteiger partial charge in [0.05, 0.1) is 17.6 Å². The molecule has 6 nitrogen and oxygen atoms in total. The minimum atomic E-state index is -0.190. The number of pyridine rings is 3. The lowest BCUT2D eigenvalue weighted by Gasteiger charge is -2.28. The van der Waals surface area contributed by atoms with E-state index >= 15 is 0 Å². The molecule has 1 N–H and O–H groups in total. The fourth-order valence-corrected chi connectivity index (χ4v) is 2.94. The number of hydrogen-bond acceptors (Lipinski definition) is 4. The first kappa shape index (κ1) is 15.3. The number of urea groups is 1. The summed E-state index contributed by atoms with van der Waals surface area (Å²) in [6, 6.07) is 11.3. The number of nitrogens with zero attached hydrogens (tertiary/aromatic N) is 4. The van der Waals surface area contributed by atoms with Crippen LogP contribution in [0.3, 0.4) is 0 Å². The maximum absolute atomic E-state index is 12.7. The van der Waals surface area contributed by atoms with Gasteiger partial charge >= 0.3 is 6.03 Å². The molecule has 0 radical (unpaired) electrons. The van der Waals surface area contributed by atoms with E-state index in [-0.39, 0.29) is 6.03 Å². The Kier molecular flexibility index (Phi) is 4.08. The van der Waals surface area contributed by atoms with E-state index in [2.05, 4.69) is 15.3 Å². The van der Waals surface area contributed by atoms with Crippen LogP contribution < -0.4 is 10.2 Å². The van der Waals surface area contributed by atoms with Crippen LogP contribution in [0.15, 0.2) is 61.2 Å². The van der Waals surface area contributed by atoms with E-state index < -0.39 is 0 Å². The molecule has 0 bridgehead atoms. The number of amides is 2. The third-order valence-electron chi connectivity index (χ3n) is 4.15. The second-order valence-corrected chi connectivity index (χ2v) is 5.85. The minimum Gasteiger partial charge on any atom is -0.306 e. The average Bonchev–Trinajstić information content (AvgIpc) is 2.68. The van der Waals surface area contributed by atoms with Crippen LogP contribution in [-0.4, -0.2) is 27.5 Å². The highest BCUT2D eigenvalue weighted by Crippen LogP contribution is 2.29. The van der Waals surface area contributed by atoms with Gasteiger partial charge in [-0.25, -0.2) is 9.78 Å². The van der Waals surface area contributed by atoms with Crippen molar-refractivity contribution in [1.82, 2.24) is 15.0 Å². The molecule has 4 heterocycles. The number of aromatic nitrogens is 3. The number of aryl methyl sites for hydroxylation is 1. The molecule has 0 spiro atoms. The third-order valence-corrected chi connectivity index (χ3v) is 4.15. The first-order chi connectivity index (χ1) is 12.3. The molecular weight excluding hydrogens is 314 g/mol. The highest BCUT2D eigenvalue weighted by molar-refractivity contribution is 6.01. The number of nitrogens with one attached hydrogen (secondary N) is 1. The Hall–Kier alpha value is -3.28. The van der Waals surface area contributed by atoms with Crippen molar-refractivity contribution in [3.63, 3.8) is 0 Å². The summed E-state index contributed by atoms with van der Waals surface area (Å²) in [4.78, 5) is 27.3. The zero-order valence-electron chi connectivity index (χ0n) is 13.6. The fourth-order valence-electron chi connectivity index (χ4n) is 2.94. The molecule has 1 aliphatic rings. The van der Waals surface area contributed by atoms with Crippen LogP contribution in [0.1, 0.15) is 12.0 Å². The zero-order chi connectivity index (χ0) is 17.1. The molecule has 25 heavy (non-hydrogen) atoms. The first-order valence-corrected chi connectivity index (χ1v) is 8.20. The van der Waals surface area contributed by atoms with Crippen molar-refractivity contribution in [3.05, 3.63) is 66.7 Å². The first-order valence-electron chi connectivity index (χ1n) is 8.20. The minimum absolute atomic E-state index is 0.190. The van der Waals surface area contributed by atoms with Gasteiger partial charge in [-0.2, -0.15) is 0 Å². The summed E-state index contributed by atoms with van der Waals surface area (Å²) in [5.74, 6) is 0.717. The lowest BCUT2D eigenvalue weighted by molar-refractivity contribution is 0.256. The van der Waals surface area contributed by atoms with Crippen molar-refractivity contribution in [1.29, 1.82) is 0 Å². The molecule has 3 aromatic rings. The van der Waals surface area contributed by atoms with Crippen LogP contribution in [0.2, 0.25) is 0 Å². The van der Waals surface area contributed by atoms with E-state index in [9.17, 15) is 4.79 Å². The highest BCUT2D eigenvalue weighted by Gasteiger charge is 2.24. The number of carbonyl (C=O) groups excluding carboxylic acids is 1. The second kappa shape index (κ2) is 6.68. The highest BCUT2D eigenvalue weighted by atomic mass is 16.2. The Morgan fingerprint density at radius 1 is 1.04 bits per heavy atom. The van der Waals surface area contributed by atoms with Gasteiger partial charge in [0.2, 0.25) is 0 Å². The van der Waals surface area contributed by atoms with Gasteiger partial charge in [-0.15, -0.1) is 0 Å². The van der Waals surface area contributed by atoms with Gasteiger partial charge in [-0.05, 0) is 48.7 Å². The molecule has 6 heteroatoms. The summed E-state index contributed by atoms with van der Waals surface area (Å²) in [6.45, 7) is 0.641. The van der Waals surface area contributed by atoms with Crippen LogP contribution in [0, 0.1) is 0 Å². The molecule has 0 atom stereocenters. The van der Waals surface area contributed by atoms with E-state index in [4.69, 9.17) is 4.98 Å². The summed E-state index contributed by atoms with van der Waals surface area (Å²) in [7, 11) is 0. The molecule has 0 saturated carbocycles. The molecule has 0 aliphatic carbocycles. The predicted octanol–water partition coefficient (Wildman–Crippen LogP) is 3.52. The van der Waals surface area contributed by atoms with E-state index in [1.807, 2.05) is 30.3 Å². The van der Waals surface area contributed by atoms with Crippen molar-refractivity contribution < 1.29 is 4.79 Å². The summed E-state index contributed by atoms with van der Waals surface area (Å²) in [6.07, 6.45) is 8.65. The standard InChI is InChI=1S/C19H17N5O/c25-19(22-16-6-2-10-21-13-16)24-11-3-5-14-7-8-17(23-18(14)24)15-4-1-9-20-12-15/h1-2,4,6-10,12-13H,3,5,11H2,(H,22,25). The van der Waals surface area contributed by atoms with Gasteiger partial charge < -0.3 is 5.32 Å². The van der Waals surface area contributed by atoms with Crippen LogP contribution in [0.4, 0.5) is 16.3 Å². The summed E-state index contributed by atoms with van der Waals surface area (Å²) < 4.78 is 0. The number of fused-ring (bicyclic) bond motifs is 1. The molecule has 0 fully saturated rings. The maximum Gasteiger partial charge on any atom is 0.327 e. The Bertz CT molecular complexity index is 883. The Labute approximate surface area is 145 Å². The molecule has 3 aromatic heterocycles. The lowest BCUT2D eigenvalue weighted by Crippen LogP contribution is -2.39. The summed E-state index contributed by atoms with van der Waals surface area (Å²) in [5.41, 5.74) is 3.50. The number of hydrogen-bond donors (Lipinski definition) is 1. The van der Waals surface area contributed by atoms with E-state index in [0.717, 1.165) is 29.7 Å². The van der Waals surface area contributed by atoms with E-state index in [1.165, 1.54) is 0 Å². The molecule has 0 unspecified atom stereocenters. The molecule has 1 aliphatic heterocycles. The monoisotopic (exact) mass is 331 g/mol. The van der Waals surface area contributed by atoms with Crippen molar-refractivity contribution >= 4 is 17.5 Å². The SMILES string of the molecule is O=C(Nc1cccnc1)N1CCCc2ccc(-c3cccnc3)nc21. The van der Waals surface area contributed by atoms with Gasteiger partial charge in [-0.1, -0.05) is 6.07 Å². The average molecular weight is 331 g/mol. The number of rotatable bonds is 2. The quantitative estimate of drug-likeness (QED) is 0.780. The van der Waals surface area contributed by atoms with Gasteiger partial charge in [0, 0.05) is 30.7 Å². The van der Waals surface area contributed by atoms with E-state index in [0.29, 0.717) is 18.1 Å². The maximum atomic E-state index is 12.7. The van der Waals surface area contributed by atoms with Crippen LogP contribution in [0.5, 0.6) is 0 Å². The Morgan fingerprint density at radius 3 is 2.64 bits per heavy atom. The van der Waals surface area contributed by atoms with Crippen LogP contribution >= 0.6 is 0 Å². The van der Waals surface area contributed by atoms with Gasteiger partial charge in [0.1, 0.15) is 5.82 Å². The van der Waals surface area contributed by atoms with Crippen LogP contribution in [0.25, 0.3) is 11.3 Å². The van der Waals surface area contributed by atoms with Gasteiger partial charge in [0.15, 0.2) is 0 Å². The lowest BCUT2D eigenvalue weighted by atomic mass is 10.0. The largest absolute Gasteiger partial charge is 0.327 e. The number of anilines is 2. The molecular formula is C19H17N5O. The summed E-state index contributed by atoms with van der Waals surface area (Å²) >= 11 is 0. The Morgan fingerprint density at radius 2 is 1.88 bits per heavy atom. The van der Waals surface area contributed by atoms with Crippen molar-refractivity contribution in [3.8, 4) is 11.3 Å².